The van der Waals surface area contributed by atoms with Crippen LogP contribution in [0.1, 0.15) is 128 Å². The maximum Gasteiger partial charge on any atom is 0.308 e. The molecule has 0 unspecified atom stereocenters. The fraction of sp³-hybridized carbons (Fsp3) is 0.849. The van der Waals surface area contributed by atoms with Gasteiger partial charge in [-0.2, -0.15) is 0 Å². The van der Waals surface area contributed by atoms with E-state index in [-0.39, 0.29) is 42.7 Å². The molecule has 0 aliphatic carbocycles. The third kappa shape index (κ3) is 17.9. The summed E-state index contributed by atoms with van der Waals surface area (Å²) in [6.07, 6.45) is -0.821. The quantitative estimate of drug-likeness (QED) is 0.0526. The number of rotatable bonds is 19. The molecule has 3 heterocycles. The molecule has 3 aliphatic heterocycles. The van der Waals surface area contributed by atoms with Gasteiger partial charge in [-0.25, -0.2) is 0 Å². The molecular weight excluding hydrogens is 951 g/mol. The van der Waals surface area contributed by atoms with Gasteiger partial charge in [0.2, 0.25) is 0 Å². The lowest BCUT2D eigenvalue weighted by Crippen LogP contribution is -2.67. The Balaban J connectivity index is 2.23. The van der Waals surface area contributed by atoms with Crippen LogP contribution in [0.2, 0.25) is 18.1 Å². The summed E-state index contributed by atoms with van der Waals surface area (Å²) in [5, 5.41) is -0.0836. The van der Waals surface area contributed by atoms with E-state index in [1.54, 1.807) is 35.0 Å². The van der Waals surface area contributed by atoms with E-state index >= 15 is 0 Å². The van der Waals surface area contributed by atoms with Crippen LogP contribution in [-0.2, 0) is 80.4 Å². The number of cyclic esters (lactones) is 1. The van der Waals surface area contributed by atoms with Gasteiger partial charge in [-0.05, 0) is 84.6 Å². The van der Waals surface area contributed by atoms with Gasteiger partial charge in [0.05, 0.1) is 43.0 Å². The second kappa shape index (κ2) is 28.9. The Morgan fingerprint density at radius 3 is 2.10 bits per heavy atom. The fourth-order valence-electron chi connectivity index (χ4n) is 9.64. The molecular formula is C53H93NO17Si. The average Bonchev–Trinajstić information content (AvgIpc) is 3.28. The van der Waals surface area contributed by atoms with Crippen LogP contribution in [-0.4, -0.2) is 171 Å². The zero-order chi connectivity index (χ0) is 54.3. The SMILES string of the molecule is CCCC(=O)O[C@H]1[C@H](C)O[C@@H](O[C@H]2[C@H](N(C)C)[C@@H](OC(C)=O)[C@H](O[C@H]3[C@@H](CC(OC)OC)C[C@@H](C)[C@@H](O[Si](C)(C)C(C)(C)C)/C=C/C=C/C[C@@H](C)OC(=O)C[C@@H](OC)[C@@H]3OC)O[C@@H]2C)C[C@@]1(C)OC(=O)CC. The van der Waals surface area contributed by atoms with E-state index in [2.05, 4.69) is 46.9 Å². The molecule has 3 aliphatic rings. The zero-order valence-electron chi connectivity index (χ0n) is 47.1. The van der Waals surface area contributed by atoms with E-state index in [0.717, 1.165) is 0 Å². The molecule has 2 saturated heterocycles. The highest BCUT2D eigenvalue weighted by atomic mass is 28.4. The highest BCUT2D eigenvalue weighted by Gasteiger charge is 2.56. The van der Waals surface area contributed by atoms with E-state index in [4.69, 9.17) is 61.3 Å². The lowest BCUT2D eigenvalue weighted by molar-refractivity contribution is -0.346. The second-order valence-corrected chi connectivity index (χ2v) is 26.5. The van der Waals surface area contributed by atoms with Crippen LogP contribution in [0.5, 0.6) is 0 Å². The Hall–Kier alpha value is -2.82. The molecule has 0 radical (unpaired) electrons. The Bertz CT molecular complexity index is 1750. The molecule has 0 saturated carbocycles. The van der Waals surface area contributed by atoms with Gasteiger partial charge >= 0.3 is 23.9 Å². The van der Waals surface area contributed by atoms with Crippen molar-refractivity contribution in [3.05, 3.63) is 24.3 Å². The molecule has 16 atom stereocenters. The van der Waals surface area contributed by atoms with Crippen molar-refractivity contribution < 1.29 is 80.4 Å². The summed E-state index contributed by atoms with van der Waals surface area (Å²) in [7, 11) is 7.52. The molecule has 18 nitrogen and oxygen atoms in total. The Morgan fingerprint density at radius 2 is 1.54 bits per heavy atom. The molecule has 0 N–H and O–H groups in total. The number of hydrogen-bond acceptors (Lipinski definition) is 18. The first kappa shape index (κ1) is 63.5. The molecule has 416 valence electrons. The van der Waals surface area contributed by atoms with Crippen molar-refractivity contribution in [2.45, 2.75) is 237 Å². The van der Waals surface area contributed by atoms with E-state index in [1.807, 2.05) is 58.0 Å². The summed E-state index contributed by atoms with van der Waals surface area (Å²) in [5.74, 6) is -2.57. The number of ether oxygens (including phenoxy) is 12. The van der Waals surface area contributed by atoms with E-state index in [0.29, 0.717) is 25.7 Å². The summed E-state index contributed by atoms with van der Waals surface area (Å²) in [6, 6.07) is -0.725. The molecule has 0 aromatic carbocycles. The molecule has 0 spiro atoms. The van der Waals surface area contributed by atoms with Crippen LogP contribution in [0.15, 0.2) is 24.3 Å². The number of carbonyl (C=O) groups excluding carboxylic acids is 4. The molecule has 3 rings (SSSR count). The van der Waals surface area contributed by atoms with Crippen molar-refractivity contribution in [1.29, 1.82) is 0 Å². The largest absolute Gasteiger partial charge is 0.462 e. The van der Waals surface area contributed by atoms with Crippen LogP contribution in [0.3, 0.4) is 0 Å². The standard InChI is InChI=1S/C53H93NO17Si/c1-20-25-41(57)67-50-35(6)64-44(31-53(50,11)70-40(56)21-2)68-46-34(5)65-51(49(66-36(7)55)45(46)54(12)13)69-47-37(29-43(60-15)61-16)28-32(3)38(71-72(18,19)52(8,9)10)27-24-22-23-26-33(4)63-42(58)30-39(59-14)48(47)62-17/h22-24,27,32-35,37-39,43-51H,20-21,25-26,28-31H2,1-19H3/b23-22+,27-24+/t32-,33-,34-,35+,37-,38+,39-,44+,45+,46-,47+,48+,49-,50+,51+,53-/m1/s1. The van der Waals surface area contributed by atoms with Gasteiger partial charge in [-0.1, -0.05) is 65.8 Å². The highest BCUT2D eigenvalue weighted by molar-refractivity contribution is 6.74. The maximum absolute atomic E-state index is 13.7. The molecule has 0 bridgehead atoms. The average molecular weight is 1040 g/mol. The summed E-state index contributed by atoms with van der Waals surface area (Å²) in [6.45, 7) is 25.2. The highest BCUT2D eigenvalue weighted by Crippen LogP contribution is 2.42. The predicted octanol–water partition coefficient (Wildman–Crippen LogP) is 7.83. The summed E-state index contributed by atoms with van der Waals surface area (Å²) < 4.78 is 82.9. The van der Waals surface area contributed by atoms with Gasteiger partial charge in [-0.3, -0.25) is 19.2 Å². The Morgan fingerprint density at radius 1 is 0.875 bits per heavy atom. The van der Waals surface area contributed by atoms with Crippen LogP contribution >= 0.6 is 0 Å². The van der Waals surface area contributed by atoms with E-state index < -0.39 is 124 Å². The molecule has 0 aromatic rings. The molecule has 0 amide bonds. The zero-order valence-corrected chi connectivity index (χ0v) is 48.1. The lowest BCUT2D eigenvalue weighted by Gasteiger charge is -2.51. The van der Waals surface area contributed by atoms with Crippen molar-refractivity contribution in [2.75, 3.05) is 42.5 Å². The monoisotopic (exact) mass is 1040 g/mol. The number of methoxy groups -OCH3 is 4. The van der Waals surface area contributed by atoms with Gasteiger partial charge in [0.25, 0.3) is 0 Å². The Labute approximate surface area is 432 Å². The first-order chi connectivity index (χ1) is 33.7. The van der Waals surface area contributed by atoms with Crippen LogP contribution in [0.25, 0.3) is 0 Å². The van der Waals surface area contributed by atoms with Crippen LogP contribution in [0, 0.1) is 11.8 Å². The Kier molecular flexibility index (Phi) is 25.5. The maximum atomic E-state index is 13.7. The van der Waals surface area contributed by atoms with Gasteiger partial charge in [0.15, 0.2) is 45.0 Å². The minimum absolute atomic E-state index is 0.0114. The van der Waals surface area contributed by atoms with Gasteiger partial charge < -0.3 is 66.2 Å². The normalized spacial score (nSPS) is 35.6. The van der Waals surface area contributed by atoms with Crippen molar-refractivity contribution in [3.63, 3.8) is 0 Å². The minimum atomic E-state index is -2.34. The van der Waals surface area contributed by atoms with E-state index in [9.17, 15) is 19.2 Å². The third-order valence-corrected chi connectivity index (χ3v) is 19.0. The first-order valence-corrected chi connectivity index (χ1v) is 28.8. The van der Waals surface area contributed by atoms with Crippen LogP contribution < -0.4 is 0 Å². The molecule has 72 heavy (non-hydrogen) atoms. The predicted molar refractivity (Wildman–Crippen MR) is 272 cm³/mol. The molecule has 19 heteroatoms. The lowest BCUT2D eigenvalue weighted by atomic mass is 9.82. The summed E-state index contributed by atoms with van der Waals surface area (Å²) in [5.41, 5.74) is -1.32. The number of likely N-dealkylation sites (N-methyl/N-ethyl adjacent to an activating group) is 1. The number of nitrogens with zero attached hydrogens (tertiary/aromatic N) is 1. The molecule has 2 fully saturated rings. The summed E-state index contributed by atoms with van der Waals surface area (Å²) in [4.78, 5) is 54.6. The van der Waals surface area contributed by atoms with Crippen molar-refractivity contribution in [2.24, 2.45) is 11.8 Å². The minimum Gasteiger partial charge on any atom is -0.462 e. The summed E-state index contributed by atoms with van der Waals surface area (Å²) >= 11 is 0. The third-order valence-electron chi connectivity index (χ3n) is 14.5. The number of esters is 4. The number of carbonyl (C=O) groups is 4. The first-order valence-electron chi connectivity index (χ1n) is 25.9. The van der Waals surface area contributed by atoms with E-state index in [1.165, 1.54) is 21.1 Å². The topological polar surface area (TPSA) is 192 Å². The van der Waals surface area contributed by atoms with Crippen molar-refractivity contribution >= 4 is 32.2 Å². The number of hydrogen-bond donors (Lipinski definition) is 0. The molecule has 0 aromatic heterocycles. The van der Waals surface area contributed by atoms with Gasteiger partial charge in [-0.15, -0.1) is 0 Å². The second-order valence-electron chi connectivity index (χ2n) is 21.7. The smallest absolute Gasteiger partial charge is 0.308 e. The van der Waals surface area contributed by atoms with Gasteiger partial charge in [0.1, 0.15) is 18.3 Å². The van der Waals surface area contributed by atoms with Crippen molar-refractivity contribution in [3.8, 4) is 0 Å². The van der Waals surface area contributed by atoms with Crippen LogP contribution in [0.4, 0.5) is 0 Å². The van der Waals surface area contributed by atoms with Gasteiger partial charge in [0, 0.05) is 67.5 Å². The number of allylic oxidation sites excluding steroid dienone is 2. The van der Waals surface area contributed by atoms with Crippen molar-refractivity contribution in [1.82, 2.24) is 4.90 Å². The fourth-order valence-corrected chi connectivity index (χ4v) is 11.0.